The minimum Gasteiger partial charge on any atom is -0.465 e. The molecule has 2 heterocycles. The molecule has 0 aliphatic carbocycles. The predicted octanol–water partition coefficient (Wildman–Crippen LogP) is 4.15. The zero-order valence-electron chi connectivity index (χ0n) is 16.3. The molecule has 154 valence electrons. The smallest absolute Gasteiger partial charge is 0.337 e. The Morgan fingerprint density at radius 3 is 2.40 bits per heavy atom. The Bertz CT molecular complexity index is 1230. The summed E-state index contributed by atoms with van der Waals surface area (Å²) in [5.74, 6) is -0.970. The van der Waals surface area contributed by atoms with Gasteiger partial charge in [0.2, 0.25) is 15.7 Å². The van der Waals surface area contributed by atoms with Gasteiger partial charge in [0.05, 0.1) is 23.3 Å². The molecule has 4 rings (SSSR count). The molecule has 1 aromatic heterocycles. The number of amides is 1. The number of methoxy groups -OCH3 is 1. The van der Waals surface area contributed by atoms with Crippen LogP contribution in [0.3, 0.4) is 0 Å². The molecule has 1 aliphatic heterocycles. The van der Waals surface area contributed by atoms with Gasteiger partial charge in [-0.25, -0.2) is 13.2 Å². The summed E-state index contributed by atoms with van der Waals surface area (Å²) < 4.78 is 31.1. The maximum atomic E-state index is 13.2. The van der Waals surface area contributed by atoms with Crippen molar-refractivity contribution in [3.8, 4) is 0 Å². The van der Waals surface area contributed by atoms with Gasteiger partial charge in [-0.2, -0.15) is 0 Å². The molecule has 0 saturated carbocycles. The number of nitrogens with one attached hydrogen (secondary N) is 1. The van der Waals surface area contributed by atoms with Crippen LogP contribution in [0, 0.1) is 6.92 Å². The molecule has 0 radical (unpaired) electrons. The molecule has 0 bridgehead atoms. The van der Waals surface area contributed by atoms with Crippen LogP contribution in [0.15, 0.2) is 63.7 Å². The summed E-state index contributed by atoms with van der Waals surface area (Å²) in [5, 5.41) is 4.34. The minimum absolute atomic E-state index is 0.107. The lowest BCUT2D eigenvalue weighted by Gasteiger charge is -2.24. The highest BCUT2D eigenvalue weighted by molar-refractivity contribution is 7.91. The van der Waals surface area contributed by atoms with Crippen LogP contribution in [0.2, 0.25) is 0 Å². The molecular weight excluding hydrogens is 422 g/mol. The summed E-state index contributed by atoms with van der Waals surface area (Å²) in [6.45, 7) is 1.89. The van der Waals surface area contributed by atoms with Gasteiger partial charge in [-0.3, -0.25) is 4.79 Å². The summed E-state index contributed by atoms with van der Waals surface area (Å²) in [6.07, 6.45) is 0.203. The molecule has 1 amide bonds. The molecule has 30 heavy (non-hydrogen) atoms. The van der Waals surface area contributed by atoms with Gasteiger partial charge >= 0.3 is 5.97 Å². The number of thiophene rings is 1. The van der Waals surface area contributed by atoms with Crippen molar-refractivity contribution in [3.05, 3.63) is 75.5 Å². The number of aryl methyl sites for hydroxylation is 1. The van der Waals surface area contributed by atoms with Crippen LogP contribution < -0.4 is 5.32 Å². The van der Waals surface area contributed by atoms with E-state index >= 15 is 0 Å². The monoisotopic (exact) mass is 441 g/mol. The Kier molecular flexibility index (Phi) is 5.21. The molecule has 1 unspecified atom stereocenters. The Morgan fingerprint density at radius 1 is 1.10 bits per heavy atom. The highest BCUT2D eigenvalue weighted by Gasteiger charge is 2.34. The fourth-order valence-corrected chi connectivity index (χ4v) is 6.39. The number of fused-ring (bicyclic) bond motifs is 1. The average Bonchev–Trinajstić information content (AvgIpc) is 3.17. The van der Waals surface area contributed by atoms with Crippen molar-refractivity contribution in [3.63, 3.8) is 0 Å². The SMILES string of the molecule is COC(=O)c1ccc(C2CC(=O)Nc3c(S(=O)(=O)c4ccc(C)cc4)csc32)cc1. The highest BCUT2D eigenvalue weighted by Crippen LogP contribution is 2.45. The minimum atomic E-state index is -3.77. The summed E-state index contributed by atoms with van der Waals surface area (Å²) in [5.41, 5.74) is 2.55. The fourth-order valence-electron chi connectivity index (χ4n) is 3.49. The number of rotatable bonds is 4. The summed E-state index contributed by atoms with van der Waals surface area (Å²) in [7, 11) is -2.45. The predicted molar refractivity (Wildman–Crippen MR) is 114 cm³/mol. The van der Waals surface area contributed by atoms with Crippen LogP contribution in [0.25, 0.3) is 0 Å². The lowest BCUT2D eigenvalue weighted by molar-refractivity contribution is -0.116. The zero-order chi connectivity index (χ0) is 21.5. The van der Waals surface area contributed by atoms with Crippen LogP contribution in [0.1, 0.15) is 38.7 Å². The van der Waals surface area contributed by atoms with Crippen LogP contribution in [0.4, 0.5) is 5.69 Å². The number of ether oxygens (including phenoxy) is 1. The molecule has 2 aromatic carbocycles. The number of esters is 1. The third kappa shape index (κ3) is 3.53. The second kappa shape index (κ2) is 7.70. The lowest BCUT2D eigenvalue weighted by atomic mass is 9.90. The van der Waals surface area contributed by atoms with E-state index in [2.05, 4.69) is 5.32 Å². The molecule has 0 spiro atoms. The zero-order valence-corrected chi connectivity index (χ0v) is 18.0. The normalized spacial score (nSPS) is 15.9. The van der Waals surface area contributed by atoms with Gasteiger partial charge in [-0.05, 0) is 36.8 Å². The maximum absolute atomic E-state index is 13.2. The van der Waals surface area contributed by atoms with E-state index in [9.17, 15) is 18.0 Å². The second-order valence-corrected chi connectivity index (χ2v) is 9.90. The number of anilines is 1. The van der Waals surface area contributed by atoms with Crippen LogP contribution in [-0.2, 0) is 19.4 Å². The van der Waals surface area contributed by atoms with Gasteiger partial charge in [0, 0.05) is 22.6 Å². The van der Waals surface area contributed by atoms with Crippen LogP contribution >= 0.6 is 11.3 Å². The number of benzene rings is 2. The second-order valence-electron chi connectivity index (χ2n) is 7.07. The van der Waals surface area contributed by atoms with Crippen molar-refractivity contribution in [1.82, 2.24) is 0 Å². The van der Waals surface area contributed by atoms with Gasteiger partial charge in [0.25, 0.3) is 0 Å². The first-order chi connectivity index (χ1) is 14.3. The van der Waals surface area contributed by atoms with Crippen molar-refractivity contribution in [2.45, 2.75) is 29.1 Å². The van der Waals surface area contributed by atoms with Crippen molar-refractivity contribution in [2.75, 3.05) is 12.4 Å². The first-order valence-electron chi connectivity index (χ1n) is 9.22. The maximum Gasteiger partial charge on any atom is 0.337 e. The third-order valence-corrected chi connectivity index (χ3v) is 8.15. The molecule has 1 aliphatic rings. The molecule has 1 N–H and O–H groups in total. The van der Waals surface area contributed by atoms with E-state index < -0.39 is 15.8 Å². The number of carbonyl (C=O) groups is 2. The molecule has 1 atom stereocenters. The summed E-state index contributed by atoms with van der Waals surface area (Å²) in [4.78, 5) is 25.2. The molecular formula is C22H19NO5S2. The Morgan fingerprint density at radius 2 is 1.77 bits per heavy atom. The first-order valence-corrected chi connectivity index (χ1v) is 11.6. The third-order valence-electron chi connectivity index (χ3n) is 5.11. The fraction of sp³-hybridized carbons (Fsp3) is 0.182. The number of sulfone groups is 1. The van der Waals surface area contributed by atoms with E-state index in [1.165, 1.54) is 18.4 Å². The van der Waals surface area contributed by atoms with Crippen LogP contribution in [0.5, 0.6) is 0 Å². The van der Waals surface area contributed by atoms with Gasteiger partial charge < -0.3 is 10.1 Å². The molecule has 0 saturated heterocycles. The molecule has 0 fully saturated rings. The lowest BCUT2D eigenvalue weighted by Crippen LogP contribution is -2.23. The van der Waals surface area contributed by atoms with Crippen molar-refractivity contribution < 1.29 is 22.7 Å². The van der Waals surface area contributed by atoms with E-state index in [0.29, 0.717) is 11.3 Å². The largest absolute Gasteiger partial charge is 0.465 e. The molecule has 3 aromatic rings. The molecule has 6 nitrogen and oxygen atoms in total. The topological polar surface area (TPSA) is 89.5 Å². The number of hydrogen-bond acceptors (Lipinski definition) is 6. The van der Waals surface area contributed by atoms with E-state index in [1.54, 1.807) is 53.9 Å². The highest BCUT2D eigenvalue weighted by atomic mass is 32.2. The van der Waals surface area contributed by atoms with Gasteiger partial charge in [0.15, 0.2) is 0 Å². The quantitative estimate of drug-likeness (QED) is 0.615. The van der Waals surface area contributed by atoms with Crippen molar-refractivity contribution >= 4 is 38.7 Å². The Labute approximate surface area is 178 Å². The van der Waals surface area contributed by atoms with Gasteiger partial charge in [-0.15, -0.1) is 11.3 Å². The summed E-state index contributed by atoms with van der Waals surface area (Å²) in [6, 6.07) is 13.5. The van der Waals surface area contributed by atoms with Crippen LogP contribution in [-0.4, -0.2) is 27.4 Å². The van der Waals surface area contributed by atoms with E-state index in [0.717, 1.165) is 16.0 Å². The van der Waals surface area contributed by atoms with Crippen molar-refractivity contribution in [1.29, 1.82) is 0 Å². The number of carbonyl (C=O) groups excluding carboxylic acids is 2. The van der Waals surface area contributed by atoms with Gasteiger partial charge in [0.1, 0.15) is 4.90 Å². The van der Waals surface area contributed by atoms with E-state index in [4.69, 9.17) is 4.74 Å². The number of hydrogen-bond donors (Lipinski definition) is 1. The first kappa shape index (κ1) is 20.3. The van der Waals surface area contributed by atoms with E-state index in [-0.39, 0.29) is 28.0 Å². The molecule has 8 heteroatoms. The Hall–Kier alpha value is -2.97. The average molecular weight is 442 g/mol. The Balaban J connectivity index is 1.75. The standard InChI is InChI=1S/C22H19NO5S2/c1-13-3-9-16(10-4-13)30(26,27)18-12-29-21-17(11-19(24)23-20(18)21)14-5-7-15(8-6-14)22(25)28-2/h3-10,12,17H,11H2,1-2H3,(H,23,24). The van der Waals surface area contributed by atoms with E-state index in [1.807, 2.05) is 6.92 Å². The summed E-state index contributed by atoms with van der Waals surface area (Å²) >= 11 is 1.31. The van der Waals surface area contributed by atoms with Gasteiger partial charge in [-0.1, -0.05) is 29.8 Å². The van der Waals surface area contributed by atoms with Crippen molar-refractivity contribution in [2.24, 2.45) is 0 Å².